The first-order chi connectivity index (χ1) is 15.0. The number of benzene rings is 1. The minimum absolute atomic E-state index is 0.0251. The molecule has 0 saturated heterocycles. The van der Waals surface area contributed by atoms with Crippen LogP contribution in [0.2, 0.25) is 10.0 Å². The van der Waals surface area contributed by atoms with Crippen LogP contribution in [-0.4, -0.2) is 43.3 Å². The second-order valence-electron chi connectivity index (χ2n) is 6.56. The number of amides is 4. The van der Waals surface area contributed by atoms with Crippen molar-refractivity contribution in [3.8, 4) is 6.07 Å². The molecule has 172 valence electrons. The van der Waals surface area contributed by atoms with Crippen molar-refractivity contribution in [3.63, 3.8) is 0 Å². The van der Waals surface area contributed by atoms with Crippen molar-refractivity contribution < 1.29 is 28.7 Å². The highest BCUT2D eigenvalue weighted by atomic mass is 35.5. The third-order valence-electron chi connectivity index (χ3n) is 3.72. The van der Waals surface area contributed by atoms with Gasteiger partial charge in [0.25, 0.3) is 11.8 Å². The van der Waals surface area contributed by atoms with E-state index in [4.69, 9.17) is 23.2 Å². The lowest BCUT2D eigenvalue weighted by Gasteiger charge is -2.19. The Morgan fingerprint density at radius 2 is 1.47 bits per heavy atom. The van der Waals surface area contributed by atoms with Gasteiger partial charge in [0.05, 0.1) is 30.4 Å². The van der Waals surface area contributed by atoms with Gasteiger partial charge in [0, 0.05) is 15.6 Å². The maximum atomic E-state index is 12.3. The molecule has 4 amide bonds. The predicted octanol–water partition coefficient (Wildman–Crippen LogP) is 3.79. The molecule has 0 unspecified atom stereocenters. The van der Waals surface area contributed by atoms with Crippen LogP contribution in [-0.2, 0) is 24.5 Å². The number of azo groups is 1. The van der Waals surface area contributed by atoms with Crippen LogP contribution in [0.1, 0.15) is 33.3 Å². The smallest absolute Gasteiger partial charge is 0.413 e. The highest BCUT2D eigenvalue weighted by molar-refractivity contribution is 6.36. The van der Waals surface area contributed by atoms with Crippen molar-refractivity contribution in [2.24, 2.45) is 10.2 Å². The topological polar surface area (TPSA) is 159 Å². The van der Waals surface area contributed by atoms with Crippen LogP contribution in [0.4, 0.5) is 15.3 Å². The molecule has 0 heterocycles. The molecule has 11 nitrogen and oxygen atoms in total. The van der Waals surface area contributed by atoms with E-state index in [-0.39, 0.29) is 28.9 Å². The Morgan fingerprint density at radius 3 is 1.84 bits per heavy atom. The summed E-state index contributed by atoms with van der Waals surface area (Å²) in [6, 6.07) is 2.79. The molecule has 0 aliphatic heterocycles. The summed E-state index contributed by atoms with van der Waals surface area (Å²) in [4.78, 5) is 47.7. The van der Waals surface area contributed by atoms with E-state index >= 15 is 0 Å². The number of hydrogen-bond donors (Lipinski definition) is 2. The Bertz CT molecular complexity index is 918. The fraction of sp³-hybridized carbons (Fsp3) is 0.421. The van der Waals surface area contributed by atoms with Gasteiger partial charge in [0.1, 0.15) is 0 Å². The maximum Gasteiger partial charge on any atom is 0.413 e. The molecule has 32 heavy (non-hydrogen) atoms. The van der Waals surface area contributed by atoms with Gasteiger partial charge in [-0.1, -0.05) is 23.2 Å². The Hall–Kier alpha value is -3.23. The summed E-state index contributed by atoms with van der Waals surface area (Å²) >= 11 is 12.5. The second kappa shape index (κ2) is 12.0. The largest absolute Gasteiger partial charge is 0.450 e. The third-order valence-corrected chi connectivity index (χ3v) is 4.31. The highest BCUT2D eigenvalue weighted by Crippen LogP contribution is 2.38. The molecule has 0 fully saturated rings. The van der Waals surface area contributed by atoms with Crippen LogP contribution in [0.3, 0.4) is 0 Å². The fourth-order valence-corrected chi connectivity index (χ4v) is 3.24. The van der Waals surface area contributed by atoms with E-state index in [0.29, 0.717) is 5.56 Å². The molecule has 1 aromatic carbocycles. The van der Waals surface area contributed by atoms with Gasteiger partial charge in [-0.25, -0.2) is 9.59 Å². The summed E-state index contributed by atoms with van der Waals surface area (Å²) in [6.45, 7) is 6.22. The van der Waals surface area contributed by atoms with E-state index in [1.165, 1.54) is 26.0 Å². The number of halogens is 2. The van der Waals surface area contributed by atoms with Gasteiger partial charge in [-0.2, -0.15) is 15.5 Å². The van der Waals surface area contributed by atoms with Gasteiger partial charge in [-0.3, -0.25) is 20.2 Å². The molecule has 0 aliphatic rings. The zero-order valence-corrected chi connectivity index (χ0v) is 19.2. The number of nitrogens with one attached hydrogen (secondary N) is 2. The second-order valence-corrected chi connectivity index (χ2v) is 7.37. The lowest BCUT2D eigenvalue weighted by Crippen LogP contribution is -2.48. The number of rotatable bonds is 7. The summed E-state index contributed by atoms with van der Waals surface area (Å²) in [7, 11) is 0. The number of hydrogen-bond acceptors (Lipinski definition) is 9. The lowest BCUT2D eigenvalue weighted by molar-refractivity contribution is -0.130. The average Bonchev–Trinajstić information content (AvgIpc) is 2.67. The van der Waals surface area contributed by atoms with Crippen LogP contribution in [0, 0.1) is 11.3 Å². The van der Waals surface area contributed by atoms with Gasteiger partial charge < -0.3 is 9.47 Å². The normalized spacial score (nSPS) is 11.1. The number of ether oxygens (including phenoxy) is 2. The molecule has 1 rings (SSSR count). The van der Waals surface area contributed by atoms with E-state index in [0.717, 1.165) is 0 Å². The van der Waals surface area contributed by atoms with Crippen LogP contribution in [0.15, 0.2) is 22.4 Å². The summed E-state index contributed by atoms with van der Waals surface area (Å²) in [5.41, 5.74) is -0.583. The first-order valence-corrected chi connectivity index (χ1v) is 9.99. The number of alkyl carbamates (subject to hydrolysis) is 2. The van der Waals surface area contributed by atoms with Crippen molar-refractivity contribution in [1.29, 1.82) is 5.26 Å². The first-order valence-electron chi connectivity index (χ1n) is 9.23. The van der Waals surface area contributed by atoms with E-state index in [1.54, 1.807) is 13.8 Å². The zero-order chi connectivity index (χ0) is 24.5. The number of imide groups is 2. The first kappa shape index (κ1) is 26.8. The molecule has 1 aromatic rings. The minimum atomic E-state index is -1.95. The van der Waals surface area contributed by atoms with Crippen molar-refractivity contribution in [2.45, 2.75) is 39.2 Å². The van der Waals surface area contributed by atoms with Crippen LogP contribution >= 0.6 is 23.2 Å². The Labute approximate surface area is 194 Å². The maximum absolute atomic E-state index is 12.3. The van der Waals surface area contributed by atoms with Gasteiger partial charge in [-0.05, 0) is 39.8 Å². The van der Waals surface area contributed by atoms with Crippen LogP contribution < -0.4 is 10.6 Å². The number of nitrogens with zero attached hydrogens (tertiary/aromatic N) is 3. The highest BCUT2D eigenvalue weighted by Gasteiger charge is 2.31. The van der Waals surface area contributed by atoms with Gasteiger partial charge in [0.15, 0.2) is 0 Å². The molecule has 0 atom stereocenters. The Morgan fingerprint density at radius 1 is 1.03 bits per heavy atom. The molecule has 13 heteroatoms. The van der Waals surface area contributed by atoms with Crippen LogP contribution in [0.5, 0.6) is 0 Å². The van der Waals surface area contributed by atoms with Crippen molar-refractivity contribution in [1.82, 2.24) is 10.6 Å². The summed E-state index contributed by atoms with van der Waals surface area (Å²) < 4.78 is 9.17. The fourth-order valence-electron chi connectivity index (χ4n) is 2.29. The number of carbonyl (C=O) groups excluding carboxylic acids is 4. The monoisotopic (exact) mass is 485 g/mol. The molecule has 0 bridgehead atoms. The molecule has 0 saturated carbocycles. The average molecular weight is 486 g/mol. The Kier molecular flexibility index (Phi) is 10.0. The molecule has 0 radical (unpaired) electrons. The molecule has 0 spiro atoms. The molecule has 2 N–H and O–H groups in total. The van der Waals surface area contributed by atoms with Crippen molar-refractivity contribution >= 4 is 52.9 Å². The molecular weight excluding hydrogens is 465 g/mol. The summed E-state index contributed by atoms with van der Waals surface area (Å²) in [6.07, 6.45) is -2.23. The van der Waals surface area contributed by atoms with Crippen LogP contribution in [0.25, 0.3) is 0 Å². The van der Waals surface area contributed by atoms with E-state index < -0.39 is 35.5 Å². The van der Waals surface area contributed by atoms with Crippen molar-refractivity contribution in [3.05, 3.63) is 27.7 Å². The van der Waals surface area contributed by atoms with Gasteiger partial charge in [0.2, 0.25) is 6.04 Å². The lowest BCUT2D eigenvalue weighted by atomic mass is 9.86. The third kappa shape index (κ3) is 7.47. The predicted molar refractivity (Wildman–Crippen MR) is 114 cm³/mol. The Balaban J connectivity index is 3.24. The van der Waals surface area contributed by atoms with Crippen molar-refractivity contribution in [2.75, 3.05) is 13.2 Å². The van der Waals surface area contributed by atoms with E-state index in [1.807, 2.05) is 10.6 Å². The molecule has 0 aliphatic carbocycles. The quantitative estimate of drug-likeness (QED) is 0.438. The number of nitriles is 1. The minimum Gasteiger partial charge on any atom is -0.450 e. The number of carbonyl (C=O) groups is 4. The SMILES string of the molecule is CCOC(=O)NC(=O)C(N=Nc1cc(Cl)c(C(C)(C)C#N)c(Cl)c1)C(=O)NC(=O)OCC. The molecule has 0 aromatic heterocycles. The van der Waals surface area contributed by atoms with Gasteiger partial charge in [-0.15, -0.1) is 0 Å². The summed E-state index contributed by atoms with van der Waals surface area (Å²) in [5.74, 6) is -2.40. The summed E-state index contributed by atoms with van der Waals surface area (Å²) in [5, 5.41) is 20.5. The van der Waals surface area contributed by atoms with E-state index in [2.05, 4.69) is 25.8 Å². The molecular formula is C19H21Cl2N5O6. The van der Waals surface area contributed by atoms with Gasteiger partial charge >= 0.3 is 12.2 Å². The standard InChI is InChI=1S/C19H21Cl2N5O6/c1-5-31-17(29)23-15(27)14(16(28)24-18(30)32-6-2)26-25-10-7-11(20)13(12(21)8-10)19(3,4)9-22/h7-8,14H,5-6H2,1-4H3,(H,23,27,29)(H,24,28,30). The van der Waals surface area contributed by atoms with E-state index in [9.17, 15) is 24.4 Å². The zero-order valence-electron chi connectivity index (χ0n) is 17.7.